The van der Waals surface area contributed by atoms with E-state index in [0.717, 1.165) is 15.2 Å². The van der Waals surface area contributed by atoms with Crippen LogP contribution in [0.3, 0.4) is 0 Å². The molecule has 1 atom stereocenters. The molecule has 1 aliphatic rings. The highest BCUT2D eigenvalue weighted by molar-refractivity contribution is 9.10. The molecule has 21 heavy (non-hydrogen) atoms. The maximum Gasteiger partial charge on any atom is 0.253 e. The van der Waals surface area contributed by atoms with Crippen LogP contribution in [0.1, 0.15) is 23.7 Å². The van der Waals surface area contributed by atoms with Gasteiger partial charge in [-0.3, -0.25) is 9.59 Å². The molecule has 0 radical (unpaired) electrons. The molecule has 2 aromatic rings. The number of Topliss-reactive ketones (excluding diaryl/α,β-unsaturated/α-hetero) is 1. The summed E-state index contributed by atoms with van der Waals surface area (Å²) in [6.07, 6.45) is 0.466. The fraction of sp³-hybridized carbons (Fsp3) is 0.294. The molecule has 0 saturated carbocycles. The van der Waals surface area contributed by atoms with Crippen LogP contribution < -0.4 is 0 Å². The predicted octanol–water partition coefficient (Wildman–Crippen LogP) is 3.65. The van der Waals surface area contributed by atoms with Gasteiger partial charge in [0, 0.05) is 35.5 Å². The van der Waals surface area contributed by atoms with E-state index in [2.05, 4.69) is 15.9 Å². The lowest BCUT2D eigenvalue weighted by molar-refractivity contribution is -0.124. The summed E-state index contributed by atoms with van der Waals surface area (Å²) in [4.78, 5) is 25.9. The molecule has 2 aromatic carbocycles. The maximum atomic E-state index is 12.6. The van der Waals surface area contributed by atoms with Crippen LogP contribution in [-0.4, -0.2) is 29.7 Å². The summed E-state index contributed by atoms with van der Waals surface area (Å²) in [5.41, 5.74) is 0.686. The first-order chi connectivity index (χ1) is 10.0. The van der Waals surface area contributed by atoms with Gasteiger partial charge in [0.25, 0.3) is 5.91 Å². The second kappa shape index (κ2) is 5.60. The van der Waals surface area contributed by atoms with Crippen molar-refractivity contribution in [1.29, 1.82) is 0 Å². The van der Waals surface area contributed by atoms with Crippen molar-refractivity contribution in [2.75, 3.05) is 13.1 Å². The van der Waals surface area contributed by atoms with Gasteiger partial charge in [-0.2, -0.15) is 0 Å². The summed E-state index contributed by atoms with van der Waals surface area (Å²) < 4.78 is 1.03. The van der Waals surface area contributed by atoms with E-state index < -0.39 is 0 Å². The molecule has 3 nitrogen and oxygen atoms in total. The Morgan fingerprint density at radius 1 is 1.19 bits per heavy atom. The molecule has 0 spiro atoms. The van der Waals surface area contributed by atoms with E-state index in [9.17, 15) is 9.59 Å². The number of likely N-dealkylation sites (tertiary alicyclic amines) is 1. The average molecular weight is 346 g/mol. The normalized spacial score (nSPS) is 19.0. The molecule has 3 rings (SSSR count). The molecule has 0 aromatic heterocycles. The number of carbonyl (C=O) groups is 2. The Morgan fingerprint density at radius 2 is 1.90 bits per heavy atom. The smallest absolute Gasteiger partial charge is 0.253 e. The number of hydrogen-bond acceptors (Lipinski definition) is 2. The standard InChI is InChI=1S/C17H16BrNO2/c1-11-10-19(7-6-16(11)20)17(21)14-3-2-13-9-15(18)5-4-12(13)8-14/h2-5,8-9,11H,6-7,10H2,1H3. The zero-order valence-electron chi connectivity index (χ0n) is 11.8. The van der Waals surface area contributed by atoms with Crippen molar-refractivity contribution >= 4 is 38.4 Å². The lowest BCUT2D eigenvalue weighted by atomic mass is 9.97. The van der Waals surface area contributed by atoms with Crippen molar-refractivity contribution in [3.63, 3.8) is 0 Å². The Bertz CT molecular complexity index is 726. The minimum Gasteiger partial charge on any atom is -0.337 e. The average Bonchev–Trinajstić information content (AvgIpc) is 2.49. The largest absolute Gasteiger partial charge is 0.337 e. The van der Waals surface area contributed by atoms with Crippen molar-refractivity contribution in [3.05, 3.63) is 46.4 Å². The lowest BCUT2D eigenvalue weighted by Gasteiger charge is -2.30. The van der Waals surface area contributed by atoms with Crippen LogP contribution in [0.25, 0.3) is 10.8 Å². The highest BCUT2D eigenvalue weighted by Gasteiger charge is 2.27. The number of nitrogens with zero attached hydrogens (tertiary/aromatic N) is 1. The fourth-order valence-electron chi connectivity index (χ4n) is 2.73. The quantitative estimate of drug-likeness (QED) is 0.790. The molecule has 0 bridgehead atoms. The van der Waals surface area contributed by atoms with E-state index in [-0.39, 0.29) is 17.6 Å². The first-order valence-electron chi connectivity index (χ1n) is 7.06. The number of piperidine rings is 1. The summed E-state index contributed by atoms with van der Waals surface area (Å²) in [6, 6.07) is 11.7. The molecule has 1 heterocycles. The van der Waals surface area contributed by atoms with Crippen molar-refractivity contribution in [2.45, 2.75) is 13.3 Å². The Morgan fingerprint density at radius 3 is 2.67 bits per heavy atom. The van der Waals surface area contributed by atoms with E-state index >= 15 is 0 Å². The number of fused-ring (bicyclic) bond motifs is 1. The SMILES string of the molecule is CC1CN(C(=O)c2ccc3cc(Br)ccc3c2)CCC1=O. The molecule has 1 amide bonds. The van der Waals surface area contributed by atoms with Crippen molar-refractivity contribution in [2.24, 2.45) is 5.92 Å². The monoisotopic (exact) mass is 345 g/mol. The van der Waals surface area contributed by atoms with Crippen LogP contribution in [0.2, 0.25) is 0 Å². The molecular weight excluding hydrogens is 330 g/mol. The molecule has 4 heteroatoms. The van der Waals surface area contributed by atoms with Crippen molar-refractivity contribution in [3.8, 4) is 0 Å². The lowest BCUT2D eigenvalue weighted by Crippen LogP contribution is -2.43. The third-order valence-corrected chi connectivity index (χ3v) is 4.50. The van der Waals surface area contributed by atoms with Crippen LogP contribution in [0.15, 0.2) is 40.9 Å². The van der Waals surface area contributed by atoms with Crippen LogP contribution in [0.4, 0.5) is 0 Å². The van der Waals surface area contributed by atoms with E-state index in [1.807, 2.05) is 43.3 Å². The van der Waals surface area contributed by atoms with Crippen molar-refractivity contribution in [1.82, 2.24) is 4.90 Å². The highest BCUT2D eigenvalue weighted by atomic mass is 79.9. The molecule has 1 saturated heterocycles. The number of rotatable bonds is 1. The van der Waals surface area contributed by atoms with Gasteiger partial charge in [0.1, 0.15) is 5.78 Å². The Balaban J connectivity index is 1.88. The highest BCUT2D eigenvalue weighted by Crippen LogP contribution is 2.22. The number of amides is 1. The summed E-state index contributed by atoms with van der Waals surface area (Å²) in [5.74, 6) is 0.209. The van der Waals surface area contributed by atoms with Crippen LogP contribution in [0, 0.1) is 5.92 Å². The van der Waals surface area contributed by atoms with Crippen LogP contribution >= 0.6 is 15.9 Å². The summed E-state index contributed by atoms with van der Waals surface area (Å²) in [7, 11) is 0. The van der Waals surface area contributed by atoms with Gasteiger partial charge < -0.3 is 4.90 Å². The van der Waals surface area contributed by atoms with Gasteiger partial charge in [-0.15, -0.1) is 0 Å². The number of carbonyl (C=O) groups excluding carboxylic acids is 2. The first-order valence-corrected chi connectivity index (χ1v) is 7.85. The summed E-state index contributed by atoms with van der Waals surface area (Å²) in [5, 5.41) is 2.15. The molecule has 1 unspecified atom stereocenters. The van der Waals surface area contributed by atoms with E-state index in [1.54, 1.807) is 4.90 Å². The third kappa shape index (κ3) is 2.86. The summed E-state index contributed by atoms with van der Waals surface area (Å²) >= 11 is 3.45. The zero-order valence-corrected chi connectivity index (χ0v) is 13.4. The second-order valence-electron chi connectivity index (χ2n) is 5.57. The van der Waals surface area contributed by atoms with Crippen LogP contribution in [0.5, 0.6) is 0 Å². The predicted molar refractivity (Wildman–Crippen MR) is 86.3 cm³/mol. The Hall–Kier alpha value is -1.68. The van der Waals surface area contributed by atoms with Gasteiger partial charge >= 0.3 is 0 Å². The fourth-order valence-corrected chi connectivity index (χ4v) is 3.11. The number of hydrogen-bond donors (Lipinski definition) is 0. The number of ketones is 1. The number of halogens is 1. The van der Waals surface area contributed by atoms with Gasteiger partial charge in [0.2, 0.25) is 0 Å². The first kappa shape index (κ1) is 14.3. The second-order valence-corrected chi connectivity index (χ2v) is 6.49. The number of benzene rings is 2. The van der Waals surface area contributed by atoms with E-state index in [1.165, 1.54) is 0 Å². The van der Waals surface area contributed by atoms with E-state index in [4.69, 9.17) is 0 Å². The van der Waals surface area contributed by atoms with E-state index in [0.29, 0.717) is 25.1 Å². The van der Waals surface area contributed by atoms with Gasteiger partial charge in [0.15, 0.2) is 0 Å². The molecule has 1 aliphatic heterocycles. The summed E-state index contributed by atoms with van der Waals surface area (Å²) in [6.45, 7) is 2.94. The van der Waals surface area contributed by atoms with Gasteiger partial charge in [0.05, 0.1) is 0 Å². The molecule has 1 fully saturated rings. The molecule has 0 aliphatic carbocycles. The van der Waals surface area contributed by atoms with Gasteiger partial charge in [-0.05, 0) is 35.0 Å². The maximum absolute atomic E-state index is 12.6. The molecular formula is C17H16BrNO2. The topological polar surface area (TPSA) is 37.4 Å². The molecule has 108 valence electrons. The Labute approximate surface area is 132 Å². The molecule has 0 N–H and O–H groups in total. The minimum atomic E-state index is -0.0564. The third-order valence-electron chi connectivity index (χ3n) is 4.01. The minimum absolute atomic E-state index is 0.0131. The van der Waals surface area contributed by atoms with Crippen molar-refractivity contribution < 1.29 is 9.59 Å². The zero-order chi connectivity index (χ0) is 15.0. The Kier molecular flexibility index (Phi) is 3.81. The van der Waals surface area contributed by atoms with Crippen LogP contribution in [-0.2, 0) is 4.79 Å². The van der Waals surface area contributed by atoms with Gasteiger partial charge in [-0.1, -0.05) is 35.0 Å². The van der Waals surface area contributed by atoms with Gasteiger partial charge in [-0.25, -0.2) is 0 Å².